The van der Waals surface area contributed by atoms with Gasteiger partial charge in [0.15, 0.2) is 5.82 Å². The fourth-order valence-electron chi connectivity index (χ4n) is 4.20. The van der Waals surface area contributed by atoms with E-state index in [1.54, 1.807) is 23.1 Å². The van der Waals surface area contributed by atoms with E-state index < -0.39 is 11.7 Å². The Morgan fingerprint density at radius 2 is 1.71 bits per heavy atom. The number of rotatable bonds is 5. The van der Waals surface area contributed by atoms with Crippen LogP contribution in [0.5, 0.6) is 0 Å². The molecule has 1 amide bonds. The molecule has 1 aromatic heterocycles. The molecule has 182 valence electrons. The van der Waals surface area contributed by atoms with Gasteiger partial charge in [0.1, 0.15) is 5.82 Å². The van der Waals surface area contributed by atoms with Crippen LogP contribution in [0.1, 0.15) is 29.3 Å². The molecule has 3 aromatic rings. The van der Waals surface area contributed by atoms with Crippen LogP contribution in [0.4, 0.5) is 19.0 Å². The Labute approximate surface area is 202 Å². The van der Waals surface area contributed by atoms with Gasteiger partial charge in [0.2, 0.25) is 5.91 Å². The number of piperazine rings is 1. The van der Waals surface area contributed by atoms with Gasteiger partial charge in [0.25, 0.3) is 0 Å². The van der Waals surface area contributed by atoms with Crippen molar-refractivity contribution in [2.24, 2.45) is 0 Å². The maximum Gasteiger partial charge on any atom is 0.416 e. The molecule has 0 saturated carbocycles. The number of carbonyl (C=O) groups excluding carboxylic acids is 1. The van der Waals surface area contributed by atoms with Gasteiger partial charge in [-0.05, 0) is 37.1 Å². The van der Waals surface area contributed by atoms with E-state index in [2.05, 4.69) is 9.88 Å². The van der Waals surface area contributed by atoms with Crippen molar-refractivity contribution >= 4 is 17.8 Å². The summed E-state index contributed by atoms with van der Waals surface area (Å²) in [7, 11) is 0. The Morgan fingerprint density at radius 1 is 1.00 bits per heavy atom. The van der Waals surface area contributed by atoms with Crippen molar-refractivity contribution in [3.8, 4) is 11.4 Å². The zero-order valence-electron chi connectivity index (χ0n) is 19.7. The highest BCUT2D eigenvalue weighted by atomic mass is 19.4. The van der Waals surface area contributed by atoms with Crippen LogP contribution in [-0.4, -0.2) is 47.0 Å². The third-order valence-electron chi connectivity index (χ3n) is 6.10. The largest absolute Gasteiger partial charge is 0.416 e. The molecular weight excluding hydrogens is 453 g/mol. The van der Waals surface area contributed by atoms with Crippen molar-refractivity contribution in [3.63, 3.8) is 0 Å². The maximum atomic E-state index is 13.2. The Hall–Kier alpha value is -3.68. The minimum Gasteiger partial charge on any atom is -0.353 e. The molecule has 0 aliphatic carbocycles. The molecule has 0 N–H and O–H groups in total. The average Bonchev–Trinajstić information content (AvgIpc) is 2.87. The fourth-order valence-corrected chi connectivity index (χ4v) is 4.20. The zero-order valence-corrected chi connectivity index (χ0v) is 19.7. The first-order chi connectivity index (χ1) is 16.8. The molecular formula is C27H27F3N4O. The van der Waals surface area contributed by atoms with Gasteiger partial charge < -0.3 is 9.80 Å². The topological polar surface area (TPSA) is 49.3 Å². The third kappa shape index (κ3) is 5.70. The van der Waals surface area contributed by atoms with Crippen molar-refractivity contribution in [2.75, 3.05) is 31.1 Å². The molecule has 0 unspecified atom stereocenters. The van der Waals surface area contributed by atoms with Crippen LogP contribution < -0.4 is 4.90 Å². The molecule has 35 heavy (non-hydrogen) atoms. The summed E-state index contributed by atoms with van der Waals surface area (Å²) in [6, 6.07) is 14.7. The molecule has 2 heterocycles. The standard InChI is InChI=1S/C27H27F3N4O/c1-3-23-19(2)31-25(21-10-7-11-22(18-21)27(28,29)30)32-26(23)34-16-14-33(15-17-34)24(35)13-12-20-8-5-4-6-9-20/h4-13,18H,3,14-17H2,1-2H3/b13-12+. The number of benzene rings is 2. The van der Waals surface area contributed by atoms with Gasteiger partial charge in [-0.15, -0.1) is 0 Å². The predicted octanol–water partition coefficient (Wildman–Crippen LogP) is 5.40. The quantitative estimate of drug-likeness (QED) is 0.459. The number of aromatic nitrogens is 2. The van der Waals surface area contributed by atoms with Crippen LogP contribution in [0.3, 0.4) is 0 Å². The summed E-state index contributed by atoms with van der Waals surface area (Å²) in [4.78, 5) is 25.7. The number of carbonyl (C=O) groups is 1. The summed E-state index contributed by atoms with van der Waals surface area (Å²) in [5.41, 5.74) is 2.27. The number of hydrogen-bond acceptors (Lipinski definition) is 4. The smallest absolute Gasteiger partial charge is 0.353 e. The van der Waals surface area contributed by atoms with Gasteiger partial charge in [0.05, 0.1) is 5.56 Å². The van der Waals surface area contributed by atoms with Gasteiger partial charge in [-0.1, -0.05) is 49.4 Å². The Morgan fingerprint density at radius 3 is 2.37 bits per heavy atom. The Balaban J connectivity index is 1.53. The molecule has 0 bridgehead atoms. The van der Waals surface area contributed by atoms with Crippen molar-refractivity contribution in [1.29, 1.82) is 0 Å². The van der Waals surface area contributed by atoms with E-state index >= 15 is 0 Å². The van der Waals surface area contributed by atoms with Gasteiger partial charge >= 0.3 is 6.18 Å². The lowest BCUT2D eigenvalue weighted by atomic mass is 10.1. The summed E-state index contributed by atoms with van der Waals surface area (Å²) < 4.78 is 39.7. The minimum atomic E-state index is -4.44. The van der Waals surface area contributed by atoms with Gasteiger partial charge in [-0.2, -0.15) is 13.2 Å². The monoisotopic (exact) mass is 480 g/mol. The average molecular weight is 481 g/mol. The van der Waals surface area contributed by atoms with Crippen LogP contribution in [0.25, 0.3) is 17.5 Å². The highest BCUT2D eigenvalue weighted by Gasteiger charge is 2.31. The molecule has 5 nitrogen and oxygen atoms in total. The number of anilines is 1. The normalized spacial score (nSPS) is 14.5. The fraction of sp³-hybridized carbons (Fsp3) is 0.296. The van der Waals surface area contributed by atoms with Crippen molar-refractivity contribution in [3.05, 3.63) is 83.1 Å². The first-order valence-electron chi connectivity index (χ1n) is 11.6. The number of aryl methyl sites for hydroxylation is 1. The number of amides is 1. The molecule has 4 rings (SSSR count). The highest BCUT2D eigenvalue weighted by Crippen LogP contribution is 2.32. The zero-order chi connectivity index (χ0) is 25.0. The lowest BCUT2D eigenvalue weighted by molar-refractivity contribution is -0.137. The number of alkyl halides is 3. The molecule has 1 aliphatic rings. The van der Waals surface area contributed by atoms with Crippen LogP contribution in [-0.2, 0) is 17.4 Å². The van der Waals surface area contributed by atoms with E-state index in [9.17, 15) is 18.0 Å². The summed E-state index contributed by atoms with van der Waals surface area (Å²) in [6.45, 7) is 6.08. The summed E-state index contributed by atoms with van der Waals surface area (Å²) in [5, 5.41) is 0. The minimum absolute atomic E-state index is 0.0484. The molecule has 0 atom stereocenters. The van der Waals surface area contributed by atoms with Crippen molar-refractivity contribution < 1.29 is 18.0 Å². The third-order valence-corrected chi connectivity index (χ3v) is 6.10. The van der Waals surface area contributed by atoms with E-state index in [4.69, 9.17) is 4.98 Å². The van der Waals surface area contributed by atoms with Gasteiger partial charge in [-0.25, -0.2) is 9.97 Å². The molecule has 1 fully saturated rings. The van der Waals surface area contributed by atoms with E-state index in [1.165, 1.54) is 6.07 Å². The maximum absolute atomic E-state index is 13.2. The van der Waals surface area contributed by atoms with E-state index in [0.717, 1.165) is 34.8 Å². The molecule has 2 aromatic carbocycles. The van der Waals surface area contributed by atoms with Crippen LogP contribution >= 0.6 is 0 Å². The second-order valence-electron chi connectivity index (χ2n) is 8.42. The molecule has 0 radical (unpaired) electrons. The van der Waals surface area contributed by atoms with E-state index in [-0.39, 0.29) is 11.7 Å². The summed E-state index contributed by atoms with van der Waals surface area (Å²) in [5.74, 6) is 0.942. The van der Waals surface area contributed by atoms with Crippen LogP contribution in [0.15, 0.2) is 60.7 Å². The molecule has 0 spiro atoms. The van der Waals surface area contributed by atoms with Crippen LogP contribution in [0, 0.1) is 6.92 Å². The van der Waals surface area contributed by atoms with Gasteiger partial charge in [0, 0.05) is 49.1 Å². The lowest BCUT2D eigenvalue weighted by Gasteiger charge is -2.36. The van der Waals surface area contributed by atoms with E-state index in [0.29, 0.717) is 38.2 Å². The Bertz CT molecular complexity index is 1220. The summed E-state index contributed by atoms with van der Waals surface area (Å²) in [6.07, 6.45) is -0.347. The van der Waals surface area contributed by atoms with E-state index in [1.807, 2.05) is 44.2 Å². The van der Waals surface area contributed by atoms with Crippen molar-refractivity contribution in [1.82, 2.24) is 14.9 Å². The van der Waals surface area contributed by atoms with Crippen molar-refractivity contribution in [2.45, 2.75) is 26.4 Å². The second-order valence-corrected chi connectivity index (χ2v) is 8.42. The van der Waals surface area contributed by atoms with Gasteiger partial charge in [-0.3, -0.25) is 4.79 Å². The highest BCUT2D eigenvalue weighted by molar-refractivity contribution is 5.92. The number of hydrogen-bond donors (Lipinski definition) is 0. The molecule has 1 aliphatic heterocycles. The predicted molar refractivity (Wildman–Crippen MR) is 131 cm³/mol. The second kappa shape index (κ2) is 10.3. The molecule has 8 heteroatoms. The first-order valence-corrected chi connectivity index (χ1v) is 11.6. The SMILES string of the molecule is CCc1c(C)nc(-c2cccc(C(F)(F)F)c2)nc1N1CCN(C(=O)/C=C/c2ccccc2)CC1. The number of halogens is 3. The molecule has 1 saturated heterocycles. The number of nitrogens with zero attached hydrogens (tertiary/aromatic N) is 4. The lowest BCUT2D eigenvalue weighted by Crippen LogP contribution is -2.49. The Kier molecular flexibility index (Phi) is 7.19. The van der Waals surface area contributed by atoms with Crippen LogP contribution in [0.2, 0.25) is 0 Å². The first kappa shape index (κ1) is 24.4. The summed E-state index contributed by atoms with van der Waals surface area (Å²) >= 11 is 0.